The quantitative estimate of drug-likeness (QED) is 0.850. The Morgan fingerprint density at radius 1 is 1.35 bits per heavy atom. The molecule has 1 aromatic heterocycles. The van der Waals surface area contributed by atoms with E-state index in [-0.39, 0.29) is 5.91 Å². The zero-order valence-electron chi connectivity index (χ0n) is 11.5. The van der Waals surface area contributed by atoms with Crippen molar-refractivity contribution in [2.24, 2.45) is 5.92 Å². The van der Waals surface area contributed by atoms with Crippen molar-refractivity contribution < 1.29 is 4.79 Å². The largest absolute Gasteiger partial charge is 0.352 e. The minimum atomic E-state index is -0.0363. The number of aromatic nitrogens is 1. The lowest BCUT2D eigenvalue weighted by atomic mass is 10.1. The lowest BCUT2D eigenvalue weighted by Gasteiger charge is -2.07. The molecule has 1 N–H and O–H groups in total. The normalized spacial score (nSPS) is 10.8. The molecular weight excluding hydrogens is 292 g/mol. The second-order valence-electron chi connectivity index (χ2n) is 4.96. The van der Waals surface area contributed by atoms with Crippen molar-refractivity contribution >= 4 is 28.8 Å². The summed E-state index contributed by atoms with van der Waals surface area (Å²) in [6, 6.07) is 7.49. The minimum Gasteiger partial charge on any atom is -0.352 e. The first-order chi connectivity index (χ1) is 9.60. The van der Waals surface area contributed by atoms with E-state index in [4.69, 9.17) is 11.6 Å². The van der Waals surface area contributed by atoms with E-state index in [1.807, 2.05) is 29.6 Å². The van der Waals surface area contributed by atoms with E-state index in [0.29, 0.717) is 23.9 Å². The Hall–Kier alpha value is -1.39. The molecule has 0 saturated carbocycles. The second-order valence-corrected chi connectivity index (χ2v) is 6.08. The van der Waals surface area contributed by atoms with Gasteiger partial charge in [-0.15, -0.1) is 22.9 Å². The van der Waals surface area contributed by atoms with Gasteiger partial charge in [0.15, 0.2) is 0 Å². The Bertz CT molecular complexity index is 578. The van der Waals surface area contributed by atoms with Crippen LogP contribution in [-0.4, -0.2) is 17.4 Å². The van der Waals surface area contributed by atoms with E-state index in [1.165, 1.54) is 0 Å². The van der Waals surface area contributed by atoms with Crippen LogP contribution in [0.2, 0.25) is 0 Å². The molecule has 0 bridgehead atoms. The molecular formula is C15H17ClN2OS. The Morgan fingerprint density at radius 2 is 2.05 bits per heavy atom. The van der Waals surface area contributed by atoms with Crippen LogP contribution in [0.5, 0.6) is 0 Å². The number of hydrogen-bond acceptors (Lipinski definition) is 3. The summed E-state index contributed by atoms with van der Waals surface area (Å²) in [6.07, 6.45) is 0. The van der Waals surface area contributed by atoms with Crippen LogP contribution in [-0.2, 0) is 5.88 Å². The molecule has 20 heavy (non-hydrogen) atoms. The number of nitrogens with zero attached hydrogens (tertiary/aromatic N) is 1. The van der Waals surface area contributed by atoms with Gasteiger partial charge in [-0.25, -0.2) is 4.98 Å². The second kappa shape index (κ2) is 6.86. The lowest BCUT2D eigenvalue weighted by molar-refractivity contribution is 0.0949. The average molecular weight is 309 g/mol. The number of benzene rings is 1. The third-order valence-electron chi connectivity index (χ3n) is 2.75. The first-order valence-electron chi connectivity index (χ1n) is 6.49. The van der Waals surface area contributed by atoms with Crippen molar-refractivity contribution in [1.82, 2.24) is 10.3 Å². The van der Waals surface area contributed by atoms with E-state index in [1.54, 1.807) is 11.3 Å². The Morgan fingerprint density at radius 3 is 2.60 bits per heavy atom. The predicted octanol–water partition coefficient (Wildman–Crippen LogP) is 3.93. The van der Waals surface area contributed by atoms with Crippen LogP contribution in [0.4, 0.5) is 0 Å². The highest BCUT2D eigenvalue weighted by atomic mass is 35.5. The highest BCUT2D eigenvalue weighted by Gasteiger charge is 2.08. The molecule has 0 aliphatic heterocycles. The first kappa shape index (κ1) is 15.0. The van der Waals surface area contributed by atoms with E-state index in [2.05, 4.69) is 24.1 Å². The summed E-state index contributed by atoms with van der Waals surface area (Å²) >= 11 is 7.31. The van der Waals surface area contributed by atoms with Gasteiger partial charge in [0.2, 0.25) is 0 Å². The van der Waals surface area contributed by atoms with Crippen LogP contribution in [0.3, 0.4) is 0 Å². The number of hydrogen-bond donors (Lipinski definition) is 1. The van der Waals surface area contributed by atoms with Gasteiger partial charge in [0.1, 0.15) is 5.01 Å². The minimum absolute atomic E-state index is 0.0363. The molecule has 0 atom stereocenters. The fraction of sp³-hybridized carbons (Fsp3) is 0.333. The molecule has 1 heterocycles. The van der Waals surface area contributed by atoms with Crippen LogP contribution in [0.1, 0.15) is 29.9 Å². The number of halogens is 1. The number of carbonyl (C=O) groups is 1. The molecule has 0 saturated heterocycles. The number of rotatable bonds is 5. The monoisotopic (exact) mass is 308 g/mol. The highest BCUT2D eigenvalue weighted by Crippen LogP contribution is 2.24. The number of carbonyl (C=O) groups excluding carboxylic acids is 1. The molecule has 0 unspecified atom stereocenters. The maximum atomic E-state index is 11.9. The fourth-order valence-corrected chi connectivity index (χ4v) is 2.72. The van der Waals surface area contributed by atoms with Crippen molar-refractivity contribution in [3.05, 3.63) is 40.9 Å². The summed E-state index contributed by atoms with van der Waals surface area (Å²) in [6.45, 7) is 4.83. The molecule has 0 radical (unpaired) electrons. The fourth-order valence-electron chi connectivity index (χ4n) is 1.66. The van der Waals surface area contributed by atoms with Gasteiger partial charge in [-0.2, -0.15) is 0 Å². The van der Waals surface area contributed by atoms with Crippen molar-refractivity contribution in [2.45, 2.75) is 19.7 Å². The molecule has 2 aromatic rings. The molecule has 3 nitrogen and oxygen atoms in total. The predicted molar refractivity (Wildman–Crippen MR) is 84.3 cm³/mol. The van der Waals surface area contributed by atoms with Crippen LogP contribution >= 0.6 is 22.9 Å². The molecule has 0 fully saturated rings. The highest BCUT2D eigenvalue weighted by molar-refractivity contribution is 7.13. The van der Waals surface area contributed by atoms with Crippen LogP contribution in [0.15, 0.2) is 29.6 Å². The Balaban J connectivity index is 2.07. The lowest BCUT2D eigenvalue weighted by Crippen LogP contribution is -2.27. The number of thiazole rings is 1. The van der Waals surface area contributed by atoms with Gasteiger partial charge in [0.05, 0.1) is 11.6 Å². The van der Waals surface area contributed by atoms with Crippen LogP contribution in [0.25, 0.3) is 10.6 Å². The van der Waals surface area contributed by atoms with E-state index in [0.717, 1.165) is 16.3 Å². The summed E-state index contributed by atoms with van der Waals surface area (Å²) < 4.78 is 0. The molecule has 0 aliphatic rings. The first-order valence-corrected chi connectivity index (χ1v) is 7.90. The van der Waals surface area contributed by atoms with Gasteiger partial charge >= 0.3 is 0 Å². The van der Waals surface area contributed by atoms with Crippen molar-refractivity contribution in [3.63, 3.8) is 0 Å². The van der Waals surface area contributed by atoms with E-state index < -0.39 is 0 Å². The van der Waals surface area contributed by atoms with Crippen LogP contribution < -0.4 is 5.32 Å². The topological polar surface area (TPSA) is 42.0 Å². The molecule has 1 aromatic carbocycles. The smallest absolute Gasteiger partial charge is 0.251 e. The van der Waals surface area contributed by atoms with Gasteiger partial charge < -0.3 is 5.32 Å². The van der Waals surface area contributed by atoms with E-state index in [9.17, 15) is 4.79 Å². The third kappa shape index (κ3) is 3.81. The average Bonchev–Trinajstić information content (AvgIpc) is 2.94. The zero-order valence-corrected chi connectivity index (χ0v) is 13.1. The van der Waals surface area contributed by atoms with Crippen LogP contribution in [0, 0.1) is 5.92 Å². The van der Waals surface area contributed by atoms with Gasteiger partial charge in [-0.1, -0.05) is 26.0 Å². The third-order valence-corrected chi connectivity index (χ3v) is 3.97. The summed E-state index contributed by atoms with van der Waals surface area (Å²) in [7, 11) is 0. The number of nitrogens with one attached hydrogen (secondary N) is 1. The Labute approximate surface area is 128 Å². The summed E-state index contributed by atoms with van der Waals surface area (Å²) in [5, 5.41) is 5.78. The van der Waals surface area contributed by atoms with Gasteiger partial charge in [-0.3, -0.25) is 4.79 Å². The SMILES string of the molecule is CC(C)CNC(=O)c1ccc(-c2nc(CCl)cs2)cc1. The maximum Gasteiger partial charge on any atom is 0.251 e. The molecule has 1 amide bonds. The van der Waals surface area contributed by atoms with E-state index >= 15 is 0 Å². The maximum absolute atomic E-state index is 11.9. The summed E-state index contributed by atoms with van der Waals surface area (Å²) in [4.78, 5) is 16.3. The Kier molecular flexibility index (Phi) is 5.15. The number of amides is 1. The molecule has 106 valence electrons. The standard InChI is InChI=1S/C15H17ClN2OS/c1-10(2)8-17-14(19)11-3-5-12(6-4-11)15-18-13(7-16)9-20-15/h3-6,9-10H,7-8H2,1-2H3,(H,17,19). The summed E-state index contributed by atoms with van der Waals surface area (Å²) in [5.74, 6) is 0.833. The van der Waals surface area contributed by atoms with Gasteiger partial charge in [0, 0.05) is 23.1 Å². The molecule has 5 heteroatoms. The van der Waals surface area contributed by atoms with Gasteiger partial charge in [-0.05, 0) is 18.1 Å². The molecule has 0 spiro atoms. The van der Waals surface area contributed by atoms with Crippen molar-refractivity contribution in [3.8, 4) is 10.6 Å². The zero-order chi connectivity index (χ0) is 14.5. The van der Waals surface area contributed by atoms with Crippen molar-refractivity contribution in [2.75, 3.05) is 6.54 Å². The van der Waals surface area contributed by atoms with Gasteiger partial charge in [0.25, 0.3) is 5.91 Å². The summed E-state index contributed by atoms with van der Waals surface area (Å²) in [5.41, 5.74) is 2.56. The molecule has 2 rings (SSSR count). The molecule has 0 aliphatic carbocycles. The number of alkyl halides is 1. The van der Waals surface area contributed by atoms with Crippen molar-refractivity contribution in [1.29, 1.82) is 0 Å².